The molecule has 1 N–H and O–H groups in total. The van der Waals surface area contributed by atoms with Crippen molar-refractivity contribution in [3.8, 4) is 0 Å². The maximum atomic E-state index is 12.0. The van der Waals surface area contributed by atoms with E-state index in [2.05, 4.69) is 43.2 Å². The fourth-order valence-corrected chi connectivity index (χ4v) is 3.23. The summed E-state index contributed by atoms with van der Waals surface area (Å²) >= 11 is 6.96. The smallest absolute Gasteiger partial charge is 0.234 e. The minimum Gasteiger partial charge on any atom is -0.453 e. The Labute approximate surface area is 134 Å². The highest BCUT2D eigenvalue weighted by Gasteiger charge is 2.38. The molecule has 2 heterocycles. The molecule has 0 bridgehead atoms. The largest absolute Gasteiger partial charge is 0.453 e. The average molecular weight is 399 g/mol. The molecule has 1 aromatic heterocycles. The van der Waals surface area contributed by atoms with E-state index in [9.17, 15) is 4.79 Å². The van der Waals surface area contributed by atoms with Crippen LogP contribution in [0.5, 0.6) is 0 Å². The topological polar surface area (TPSA) is 42.2 Å². The molecule has 0 saturated heterocycles. The number of hydrogen-bond acceptors (Lipinski definition) is 2. The zero-order valence-corrected chi connectivity index (χ0v) is 14.2. The van der Waals surface area contributed by atoms with E-state index in [0.29, 0.717) is 4.67 Å². The third kappa shape index (κ3) is 2.13. The summed E-state index contributed by atoms with van der Waals surface area (Å²) in [6.45, 7) is 3.87. The molecule has 1 atom stereocenters. The molecule has 1 aliphatic rings. The van der Waals surface area contributed by atoms with Gasteiger partial charge in [-0.1, -0.05) is 28.1 Å². The quantitative estimate of drug-likeness (QED) is 0.741. The zero-order chi connectivity index (χ0) is 14.5. The van der Waals surface area contributed by atoms with Gasteiger partial charge in [-0.05, 0) is 59.1 Å². The van der Waals surface area contributed by atoms with Crippen molar-refractivity contribution in [1.29, 1.82) is 0 Å². The van der Waals surface area contributed by atoms with Gasteiger partial charge in [0, 0.05) is 5.69 Å². The molecule has 0 aliphatic carbocycles. The van der Waals surface area contributed by atoms with Crippen LogP contribution < -0.4 is 5.32 Å². The van der Waals surface area contributed by atoms with Gasteiger partial charge < -0.3 is 9.73 Å². The predicted molar refractivity (Wildman–Crippen MR) is 85.3 cm³/mol. The highest BCUT2D eigenvalue weighted by Crippen LogP contribution is 2.41. The molecule has 1 aromatic carbocycles. The SMILES string of the molecule is CC1(C)C(=O)Nc2ccc(C(Br)c3ccc(Br)o3)cc21. The second kappa shape index (κ2) is 4.74. The van der Waals surface area contributed by atoms with Gasteiger partial charge in [-0.25, -0.2) is 0 Å². The van der Waals surface area contributed by atoms with Gasteiger partial charge in [0.15, 0.2) is 4.67 Å². The van der Waals surface area contributed by atoms with Gasteiger partial charge in [0.2, 0.25) is 5.91 Å². The Morgan fingerprint density at radius 2 is 2.00 bits per heavy atom. The van der Waals surface area contributed by atoms with E-state index in [1.807, 2.05) is 38.1 Å². The van der Waals surface area contributed by atoms with Crippen LogP contribution in [-0.4, -0.2) is 5.91 Å². The van der Waals surface area contributed by atoms with E-state index in [4.69, 9.17) is 4.42 Å². The van der Waals surface area contributed by atoms with Gasteiger partial charge in [0.1, 0.15) is 5.76 Å². The molecule has 0 radical (unpaired) electrons. The van der Waals surface area contributed by atoms with Gasteiger partial charge in [0.05, 0.1) is 10.2 Å². The molecule has 2 aromatic rings. The Morgan fingerprint density at radius 1 is 1.25 bits per heavy atom. The standard InChI is InChI=1S/C15H13Br2NO2/c1-15(2)9-7-8(3-4-10(9)18-14(15)19)13(17)11-5-6-12(16)20-11/h3-7,13H,1-2H3,(H,18,19). The number of anilines is 1. The molecule has 1 amide bonds. The third-order valence-electron chi connectivity index (χ3n) is 3.67. The molecular formula is C15H13Br2NO2. The second-order valence-corrected chi connectivity index (χ2v) is 7.09. The maximum Gasteiger partial charge on any atom is 0.234 e. The summed E-state index contributed by atoms with van der Waals surface area (Å²) in [4.78, 5) is 11.9. The summed E-state index contributed by atoms with van der Waals surface area (Å²) in [6.07, 6.45) is 0. The van der Waals surface area contributed by atoms with E-state index in [1.165, 1.54) is 0 Å². The lowest BCUT2D eigenvalue weighted by atomic mass is 9.85. The lowest BCUT2D eigenvalue weighted by Gasteiger charge is -2.17. The third-order valence-corrected chi connectivity index (χ3v) is 5.08. The Kier molecular flexibility index (Phi) is 3.29. The molecule has 0 saturated carbocycles. The van der Waals surface area contributed by atoms with Crippen LogP contribution in [-0.2, 0) is 10.2 Å². The summed E-state index contributed by atoms with van der Waals surface area (Å²) in [5, 5.41) is 2.91. The van der Waals surface area contributed by atoms with Crippen LogP contribution in [0, 0.1) is 0 Å². The van der Waals surface area contributed by atoms with Crippen molar-refractivity contribution in [2.75, 3.05) is 5.32 Å². The average Bonchev–Trinajstić information content (AvgIpc) is 2.92. The van der Waals surface area contributed by atoms with Crippen molar-refractivity contribution in [1.82, 2.24) is 0 Å². The fraction of sp³-hybridized carbons (Fsp3) is 0.267. The highest BCUT2D eigenvalue weighted by atomic mass is 79.9. The van der Waals surface area contributed by atoms with Crippen LogP contribution in [0.1, 0.15) is 35.6 Å². The Bertz CT molecular complexity index is 691. The normalized spacial score (nSPS) is 17.7. The lowest BCUT2D eigenvalue weighted by Crippen LogP contribution is -2.26. The number of amides is 1. The summed E-state index contributed by atoms with van der Waals surface area (Å²) in [6, 6.07) is 9.79. The number of rotatable bonds is 2. The fourth-order valence-electron chi connectivity index (χ4n) is 2.38. The molecule has 3 nitrogen and oxygen atoms in total. The predicted octanol–water partition coefficient (Wildman–Crippen LogP) is 4.76. The zero-order valence-electron chi connectivity index (χ0n) is 11.0. The van der Waals surface area contributed by atoms with Crippen LogP contribution >= 0.6 is 31.9 Å². The van der Waals surface area contributed by atoms with Crippen LogP contribution in [0.15, 0.2) is 39.4 Å². The van der Waals surface area contributed by atoms with Gasteiger partial charge in [-0.15, -0.1) is 0 Å². The molecule has 104 valence electrons. The van der Waals surface area contributed by atoms with Crippen molar-refractivity contribution in [2.45, 2.75) is 24.1 Å². The molecule has 5 heteroatoms. The Morgan fingerprint density at radius 3 is 2.65 bits per heavy atom. The first-order valence-electron chi connectivity index (χ1n) is 6.25. The number of nitrogens with one attached hydrogen (secondary N) is 1. The number of carbonyl (C=O) groups excluding carboxylic acids is 1. The van der Waals surface area contributed by atoms with Gasteiger partial charge in [-0.3, -0.25) is 4.79 Å². The number of benzene rings is 1. The van der Waals surface area contributed by atoms with E-state index in [0.717, 1.165) is 22.6 Å². The molecule has 0 fully saturated rings. The number of fused-ring (bicyclic) bond motifs is 1. The number of furan rings is 1. The first-order chi connectivity index (χ1) is 9.39. The Balaban J connectivity index is 2.02. The van der Waals surface area contributed by atoms with Gasteiger partial charge in [-0.2, -0.15) is 0 Å². The first kappa shape index (κ1) is 13.9. The van der Waals surface area contributed by atoms with Crippen LogP contribution in [0.3, 0.4) is 0 Å². The number of carbonyl (C=O) groups is 1. The van der Waals surface area contributed by atoms with Crippen molar-refractivity contribution < 1.29 is 9.21 Å². The minimum atomic E-state index is -0.498. The first-order valence-corrected chi connectivity index (χ1v) is 7.95. The van der Waals surface area contributed by atoms with Crippen molar-refractivity contribution in [3.63, 3.8) is 0 Å². The molecule has 1 unspecified atom stereocenters. The van der Waals surface area contributed by atoms with E-state index < -0.39 is 5.41 Å². The number of alkyl halides is 1. The van der Waals surface area contributed by atoms with E-state index in [1.54, 1.807) is 0 Å². The summed E-state index contributed by atoms with van der Waals surface area (Å²) in [7, 11) is 0. The Hall–Kier alpha value is -1.07. The molecular weight excluding hydrogens is 386 g/mol. The summed E-state index contributed by atoms with van der Waals surface area (Å²) in [5.41, 5.74) is 2.48. The van der Waals surface area contributed by atoms with Gasteiger partial charge >= 0.3 is 0 Å². The van der Waals surface area contributed by atoms with Crippen LogP contribution in [0.4, 0.5) is 5.69 Å². The summed E-state index contributed by atoms with van der Waals surface area (Å²) < 4.78 is 6.28. The lowest BCUT2D eigenvalue weighted by molar-refractivity contribution is -0.119. The minimum absolute atomic E-state index is 0.0365. The van der Waals surface area contributed by atoms with E-state index >= 15 is 0 Å². The molecule has 1 aliphatic heterocycles. The molecule has 0 spiro atoms. The highest BCUT2D eigenvalue weighted by molar-refractivity contribution is 9.10. The van der Waals surface area contributed by atoms with Crippen LogP contribution in [0.25, 0.3) is 0 Å². The van der Waals surface area contributed by atoms with E-state index in [-0.39, 0.29) is 10.7 Å². The second-order valence-electron chi connectivity index (χ2n) is 5.39. The molecule has 3 rings (SSSR count). The van der Waals surface area contributed by atoms with Gasteiger partial charge in [0.25, 0.3) is 0 Å². The maximum absolute atomic E-state index is 12.0. The number of hydrogen-bond donors (Lipinski definition) is 1. The molecule has 20 heavy (non-hydrogen) atoms. The van der Waals surface area contributed by atoms with Crippen molar-refractivity contribution in [2.24, 2.45) is 0 Å². The van der Waals surface area contributed by atoms with Crippen LogP contribution in [0.2, 0.25) is 0 Å². The van der Waals surface area contributed by atoms with Crippen molar-refractivity contribution in [3.05, 3.63) is 51.9 Å². The monoisotopic (exact) mass is 397 g/mol. The van der Waals surface area contributed by atoms with Crippen molar-refractivity contribution >= 4 is 43.5 Å². The summed E-state index contributed by atoms with van der Waals surface area (Å²) in [5.74, 6) is 0.864. The number of halogens is 2.